The topological polar surface area (TPSA) is 74.4 Å². The molecule has 1 fully saturated rings. The molecule has 214 valence electrons. The molecule has 2 amide bonds. The SMILES string of the molecule is CCOC(=O)C1=C(CN2CCN(c3ccccc3F)CC2)N(CC)C(=O)NC1c1cccc(Oc2ccccc2)c1. The van der Waals surface area contributed by atoms with Gasteiger partial charge in [-0.3, -0.25) is 9.80 Å². The van der Waals surface area contributed by atoms with Crippen LogP contribution in [-0.2, 0) is 9.53 Å². The van der Waals surface area contributed by atoms with Gasteiger partial charge in [-0.2, -0.15) is 0 Å². The standard InChI is InChI=1S/C32H35FN4O4/c1-3-37-28(22-35-17-19-36(20-18-35)27-16-9-8-15-26(27)33)29(31(38)40-4-2)30(34-32(37)39)23-11-10-14-25(21-23)41-24-12-6-5-7-13-24/h5-16,21,30H,3-4,17-20,22H2,1-2H3,(H,34,39). The Labute approximate surface area is 239 Å². The van der Waals surface area contributed by atoms with Crippen LogP contribution in [0.2, 0.25) is 0 Å². The van der Waals surface area contributed by atoms with Gasteiger partial charge in [0, 0.05) is 45.0 Å². The number of ether oxygens (including phenoxy) is 2. The highest BCUT2D eigenvalue weighted by Crippen LogP contribution is 2.34. The van der Waals surface area contributed by atoms with Gasteiger partial charge in [0.1, 0.15) is 17.3 Å². The lowest BCUT2D eigenvalue weighted by Crippen LogP contribution is -2.53. The predicted molar refractivity (Wildman–Crippen MR) is 155 cm³/mol. The molecule has 3 aromatic carbocycles. The normalized spacial score (nSPS) is 17.8. The van der Waals surface area contributed by atoms with Crippen molar-refractivity contribution in [2.75, 3.05) is 50.8 Å². The highest BCUT2D eigenvalue weighted by molar-refractivity contribution is 5.95. The fraction of sp³-hybridized carbons (Fsp3) is 0.312. The molecule has 0 spiro atoms. The van der Waals surface area contributed by atoms with Gasteiger partial charge < -0.3 is 19.7 Å². The van der Waals surface area contributed by atoms with Crippen LogP contribution in [0.1, 0.15) is 25.5 Å². The number of hydrogen-bond donors (Lipinski definition) is 1. The third kappa shape index (κ3) is 6.36. The van der Waals surface area contributed by atoms with Crippen molar-refractivity contribution in [1.29, 1.82) is 0 Å². The minimum absolute atomic E-state index is 0.209. The van der Waals surface area contributed by atoms with Gasteiger partial charge in [-0.15, -0.1) is 0 Å². The first-order chi connectivity index (χ1) is 20.0. The lowest BCUT2D eigenvalue weighted by molar-refractivity contribution is -0.139. The predicted octanol–water partition coefficient (Wildman–Crippen LogP) is 5.34. The minimum atomic E-state index is -0.710. The van der Waals surface area contributed by atoms with E-state index >= 15 is 0 Å². The molecule has 2 heterocycles. The van der Waals surface area contributed by atoms with E-state index in [4.69, 9.17) is 9.47 Å². The summed E-state index contributed by atoms with van der Waals surface area (Å²) < 4.78 is 25.9. The Morgan fingerprint density at radius 3 is 2.34 bits per heavy atom. The highest BCUT2D eigenvalue weighted by Gasteiger charge is 2.38. The lowest BCUT2D eigenvalue weighted by Gasteiger charge is -2.41. The summed E-state index contributed by atoms with van der Waals surface area (Å²) in [6, 6.07) is 22.6. The van der Waals surface area contributed by atoms with Gasteiger partial charge >= 0.3 is 12.0 Å². The monoisotopic (exact) mass is 558 g/mol. The van der Waals surface area contributed by atoms with E-state index < -0.39 is 12.0 Å². The molecule has 1 atom stereocenters. The van der Waals surface area contributed by atoms with Gasteiger partial charge in [0.05, 0.1) is 23.9 Å². The number of hydrogen-bond acceptors (Lipinski definition) is 6. The lowest BCUT2D eigenvalue weighted by atomic mass is 9.94. The summed E-state index contributed by atoms with van der Waals surface area (Å²) in [6.45, 7) is 7.19. The number of benzene rings is 3. The molecule has 8 nitrogen and oxygen atoms in total. The van der Waals surface area contributed by atoms with Crippen molar-refractivity contribution in [3.63, 3.8) is 0 Å². The first-order valence-corrected chi connectivity index (χ1v) is 14.0. The van der Waals surface area contributed by atoms with E-state index in [9.17, 15) is 14.0 Å². The Morgan fingerprint density at radius 1 is 0.927 bits per heavy atom. The molecular weight excluding hydrogens is 523 g/mol. The average molecular weight is 559 g/mol. The van der Waals surface area contributed by atoms with Crippen LogP contribution in [0, 0.1) is 5.82 Å². The van der Waals surface area contributed by atoms with E-state index in [0.717, 1.165) is 0 Å². The zero-order chi connectivity index (χ0) is 28.8. The second-order valence-electron chi connectivity index (χ2n) is 9.91. The molecule has 1 N–H and O–H groups in total. The Balaban J connectivity index is 1.44. The van der Waals surface area contributed by atoms with Crippen LogP contribution in [0.25, 0.3) is 0 Å². The molecule has 9 heteroatoms. The van der Waals surface area contributed by atoms with E-state index in [1.54, 1.807) is 24.0 Å². The van der Waals surface area contributed by atoms with Crippen molar-refractivity contribution in [2.45, 2.75) is 19.9 Å². The first-order valence-electron chi connectivity index (χ1n) is 14.0. The van der Waals surface area contributed by atoms with Crippen molar-refractivity contribution >= 4 is 17.7 Å². The number of nitrogens with zero attached hydrogens (tertiary/aromatic N) is 3. The van der Waals surface area contributed by atoms with E-state index in [0.29, 0.717) is 73.3 Å². The number of para-hydroxylation sites is 2. The van der Waals surface area contributed by atoms with Crippen molar-refractivity contribution in [1.82, 2.24) is 15.1 Å². The third-order valence-corrected chi connectivity index (χ3v) is 7.36. The number of likely N-dealkylation sites (N-methyl/N-ethyl adjacent to an activating group) is 1. The largest absolute Gasteiger partial charge is 0.463 e. The van der Waals surface area contributed by atoms with E-state index in [1.807, 2.05) is 72.5 Å². The molecule has 0 aromatic heterocycles. The van der Waals surface area contributed by atoms with Crippen LogP contribution in [0.15, 0.2) is 90.1 Å². The second-order valence-corrected chi connectivity index (χ2v) is 9.91. The molecule has 1 saturated heterocycles. The Hall–Kier alpha value is -4.37. The number of carbonyl (C=O) groups is 2. The van der Waals surface area contributed by atoms with Crippen LogP contribution in [0.4, 0.5) is 14.9 Å². The molecule has 0 aliphatic carbocycles. The van der Waals surface area contributed by atoms with Crippen LogP contribution in [0.5, 0.6) is 11.5 Å². The number of amides is 2. The summed E-state index contributed by atoms with van der Waals surface area (Å²) in [7, 11) is 0. The number of esters is 1. The quantitative estimate of drug-likeness (QED) is 0.357. The minimum Gasteiger partial charge on any atom is -0.463 e. The molecule has 2 aliphatic heterocycles. The summed E-state index contributed by atoms with van der Waals surface area (Å²) >= 11 is 0. The van der Waals surface area contributed by atoms with Crippen LogP contribution in [0.3, 0.4) is 0 Å². The second kappa shape index (κ2) is 12.9. The zero-order valence-electron chi connectivity index (χ0n) is 23.4. The molecule has 5 rings (SSSR count). The average Bonchev–Trinajstić information content (AvgIpc) is 2.98. The summed E-state index contributed by atoms with van der Waals surface area (Å²) in [6.07, 6.45) is 0. The summed E-state index contributed by atoms with van der Waals surface area (Å²) in [5.74, 6) is 0.571. The van der Waals surface area contributed by atoms with Crippen LogP contribution in [-0.4, -0.2) is 67.7 Å². The van der Waals surface area contributed by atoms with Gasteiger partial charge in [0.2, 0.25) is 0 Å². The number of halogens is 1. The number of piperazine rings is 1. The van der Waals surface area contributed by atoms with Gasteiger partial charge in [-0.1, -0.05) is 42.5 Å². The summed E-state index contributed by atoms with van der Waals surface area (Å²) in [5, 5.41) is 3.02. The van der Waals surface area contributed by atoms with Crippen molar-refractivity contribution < 1.29 is 23.5 Å². The molecule has 0 bridgehead atoms. The van der Waals surface area contributed by atoms with Crippen molar-refractivity contribution in [2.24, 2.45) is 0 Å². The van der Waals surface area contributed by atoms with Gasteiger partial charge in [-0.05, 0) is 55.8 Å². The van der Waals surface area contributed by atoms with Gasteiger partial charge in [0.15, 0.2) is 0 Å². The summed E-state index contributed by atoms with van der Waals surface area (Å²) in [4.78, 5) is 32.7. The van der Waals surface area contributed by atoms with E-state index in [-0.39, 0.29) is 18.5 Å². The van der Waals surface area contributed by atoms with E-state index in [2.05, 4.69) is 10.2 Å². The molecule has 1 unspecified atom stereocenters. The molecule has 2 aliphatic rings. The highest BCUT2D eigenvalue weighted by atomic mass is 19.1. The summed E-state index contributed by atoms with van der Waals surface area (Å²) in [5.41, 5.74) is 2.33. The van der Waals surface area contributed by atoms with Gasteiger partial charge in [0.25, 0.3) is 0 Å². The van der Waals surface area contributed by atoms with Gasteiger partial charge in [-0.25, -0.2) is 14.0 Å². The fourth-order valence-corrected chi connectivity index (χ4v) is 5.36. The number of rotatable bonds is 9. The molecule has 0 radical (unpaired) electrons. The zero-order valence-corrected chi connectivity index (χ0v) is 23.4. The smallest absolute Gasteiger partial charge is 0.338 e. The van der Waals surface area contributed by atoms with Crippen LogP contribution < -0.4 is 15.0 Å². The maximum absolute atomic E-state index is 14.4. The molecular formula is C32H35FN4O4. The molecule has 3 aromatic rings. The Kier molecular flexibility index (Phi) is 8.84. The number of nitrogens with one attached hydrogen (secondary N) is 1. The Bertz CT molecular complexity index is 1410. The Morgan fingerprint density at radius 2 is 1.63 bits per heavy atom. The van der Waals surface area contributed by atoms with Crippen LogP contribution >= 0.6 is 0 Å². The number of anilines is 1. The first kappa shape index (κ1) is 28.2. The third-order valence-electron chi connectivity index (χ3n) is 7.36. The van der Waals surface area contributed by atoms with E-state index in [1.165, 1.54) is 6.07 Å². The molecule has 0 saturated carbocycles. The maximum Gasteiger partial charge on any atom is 0.338 e. The number of carbonyl (C=O) groups excluding carboxylic acids is 2. The van der Waals surface area contributed by atoms with Crippen molar-refractivity contribution in [3.8, 4) is 11.5 Å². The number of urea groups is 1. The molecule has 41 heavy (non-hydrogen) atoms. The maximum atomic E-state index is 14.4. The van der Waals surface area contributed by atoms with Crippen molar-refractivity contribution in [3.05, 3.63) is 102 Å². The fourth-order valence-electron chi connectivity index (χ4n) is 5.36.